The summed E-state index contributed by atoms with van der Waals surface area (Å²) in [6.07, 6.45) is 0.842. The second-order valence-corrected chi connectivity index (χ2v) is 9.04. The number of carbonyl (C=O) groups is 2. The highest BCUT2D eigenvalue weighted by Crippen LogP contribution is 2.34. The molecule has 4 aromatic rings. The van der Waals surface area contributed by atoms with Crippen LogP contribution in [0, 0.1) is 13.8 Å². The van der Waals surface area contributed by atoms with Crippen LogP contribution in [0.25, 0.3) is 11.3 Å². The van der Waals surface area contributed by atoms with E-state index in [1.807, 2.05) is 43.5 Å². The van der Waals surface area contributed by atoms with Gasteiger partial charge in [0.05, 0.1) is 30.7 Å². The van der Waals surface area contributed by atoms with Crippen molar-refractivity contribution < 1.29 is 18.7 Å². The lowest BCUT2D eigenvalue weighted by molar-refractivity contribution is -0.123. The Morgan fingerprint density at radius 3 is 2.79 bits per heavy atom. The van der Waals surface area contributed by atoms with Crippen LogP contribution < -0.4 is 15.0 Å². The molecule has 174 valence electrons. The summed E-state index contributed by atoms with van der Waals surface area (Å²) in [5, 5.41) is 5.26. The first kappa shape index (κ1) is 22.0. The number of fused-ring (bicyclic) bond motifs is 1. The number of hydrogen-bond acceptors (Lipinski definition) is 6. The molecule has 9 heteroatoms. The van der Waals surface area contributed by atoms with Gasteiger partial charge in [0.1, 0.15) is 11.5 Å². The molecule has 1 atom stereocenters. The number of aryl methyl sites for hydroxylation is 1. The summed E-state index contributed by atoms with van der Waals surface area (Å²) in [5.41, 5.74) is 4.63. The minimum Gasteiger partial charge on any atom is -0.476 e. The predicted molar refractivity (Wildman–Crippen MR) is 130 cm³/mol. The summed E-state index contributed by atoms with van der Waals surface area (Å²) < 4.78 is 13.6. The molecule has 0 unspecified atom stereocenters. The molecule has 0 saturated carbocycles. The van der Waals surface area contributed by atoms with E-state index in [0.29, 0.717) is 23.1 Å². The van der Waals surface area contributed by atoms with Gasteiger partial charge in [0, 0.05) is 29.3 Å². The molecule has 1 aliphatic rings. The maximum Gasteiger partial charge on any atom is 0.269 e. The fraction of sp³-hybridized carbons (Fsp3) is 0.240. The SMILES string of the molecule is CC(=O)N1C[C@H](C(=O)Nc2nc(-c3cc(C)n(Cc4ccco4)c3C)cs2)Oc2ccccc21. The molecule has 0 bridgehead atoms. The van der Waals surface area contributed by atoms with Crippen molar-refractivity contribution >= 4 is 34.0 Å². The first-order chi connectivity index (χ1) is 16.4. The van der Waals surface area contributed by atoms with E-state index in [1.54, 1.807) is 23.3 Å². The number of amides is 2. The molecule has 34 heavy (non-hydrogen) atoms. The van der Waals surface area contributed by atoms with Gasteiger partial charge in [0.25, 0.3) is 5.91 Å². The van der Waals surface area contributed by atoms with Crippen LogP contribution in [0.1, 0.15) is 24.1 Å². The molecule has 0 radical (unpaired) electrons. The zero-order chi connectivity index (χ0) is 23.8. The molecular formula is C25H24N4O4S. The van der Waals surface area contributed by atoms with Crippen molar-refractivity contribution in [3.8, 4) is 17.0 Å². The van der Waals surface area contributed by atoms with Gasteiger partial charge in [0.15, 0.2) is 11.2 Å². The average Bonchev–Trinajstić information content (AvgIpc) is 3.56. The number of furan rings is 1. The van der Waals surface area contributed by atoms with Gasteiger partial charge in [-0.3, -0.25) is 14.9 Å². The van der Waals surface area contributed by atoms with Gasteiger partial charge in [-0.2, -0.15) is 0 Å². The number of benzene rings is 1. The minimum absolute atomic E-state index is 0.143. The summed E-state index contributed by atoms with van der Waals surface area (Å²) in [5.74, 6) is 0.904. The van der Waals surface area contributed by atoms with Crippen LogP contribution in [0.4, 0.5) is 10.8 Å². The number of nitrogens with zero attached hydrogens (tertiary/aromatic N) is 3. The van der Waals surface area contributed by atoms with Crippen LogP contribution in [0.5, 0.6) is 5.75 Å². The quantitative estimate of drug-likeness (QED) is 0.454. The van der Waals surface area contributed by atoms with Gasteiger partial charge >= 0.3 is 0 Å². The molecule has 2 amide bonds. The van der Waals surface area contributed by atoms with Crippen molar-refractivity contribution in [2.45, 2.75) is 33.4 Å². The van der Waals surface area contributed by atoms with Gasteiger partial charge in [-0.15, -0.1) is 11.3 Å². The Bertz CT molecular complexity index is 1360. The second kappa shape index (κ2) is 8.83. The molecule has 0 aliphatic carbocycles. The lowest BCUT2D eigenvalue weighted by atomic mass is 10.2. The fourth-order valence-electron chi connectivity index (χ4n) is 4.17. The molecule has 5 rings (SSSR count). The standard InChI is InChI=1S/C25H24N4O4S/c1-15-11-19(16(2)28(15)12-18-7-6-10-32-18)20-14-34-25(26-20)27-24(31)23-13-29(17(3)30)21-8-4-5-9-22(21)33-23/h4-11,14,23H,12-13H2,1-3H3,(H,26,27,31)/t23-/m1/s1. The van der Waals surface area contributed by atoms with E-state index in [1.165, 1.54) is 18.3 Å². The number of thiazole rings is 1. The molecular weight excluding hydrogens is 452 g/mol. The smallest absolute Gasteiger partial charge is 0.269 e. The van der Waals surface area contributed by atoms with Crippen LogP contribution in [0.3, 0.4) is 0 Å². The Kier molecular flexibility index (Phi) is 5.70. The van der Waals surface area contributed by atoms with E-state index < -0.39 is 6.10 Å². The first-order valence-corrected chi connectivity index (χ1v) is 11.8. The summed E-state index contributed by atoms with van der Waals surface area (Å²) in [7, 11) is 0. The predicted octanol–water partition coefficient (Wildman–Crippen LogP) is 4.62. The number of aromatic nitrogens is 2. The molecule has 0 spiro atoms. The van der Waals surface area contributed by atoms with Crippen molar-refractivity contribution in [2.75, 3.05) is 16.8 Å². The van der Waals surface area contributed by atoms with Gasteiger partial charge in [-0.1, -0.05) is 12.1 Å². The van der Waals surface area contributed by atoms with Gasteiger partial charge in [-0.05, 0) is 44.2 Å². The highest BCUT2D eigenvalue weighted by atomic mass is 32.1. The Morgan fingerprint density at radius 2 is 2.03 bits per heavy atom. The van der Waals surface area contributed by atoms with E-state index in [9.17, 15) is 9.59 Å². The van der Waals surface area contributed by atoms with E-state index in [4.69, 9.17) is 9.15 Å². The number of ether oxygens (including phenoxy) is 1. The summed E-state index contributed by atoms with van der Waals surface area (Å²) in [6.45, 7) is 6.36. The zero-order valence-corrected chi connectivity index (χ0v) is 19.9. The summed E-state index contributed by atoms with van der Waals surface area (Å²) in [6, 6.07) is 13.1. The van der Waals surface area contributed by atoms with Crippen LogP contribution in [-0.4, -0.2) is 34.0 Å². The van der Waals surface area contributed by atoms with Crippen molar-refractivity contribution in [3.63, 3.8) is 0 Å². The normalized spacial score (nSPS) is 15.0. The first-order valence-electron chi connectivity index (χ1n) is 10.9. The van der Waals surface area contributed by atoms with Crippen molar-refractivity contribution in [2.24, 2.45) is 0 Å². The molecule has 0 fully saturated rings. The number of anilines is 2. The van der Waals surface area contributed by atoms with Crippen molar-refractivity contribution in [3.05, 3.63) is 71.3 Å². The zero-order valence-electron chi connectivity index (χ0n) is 19.1. The van der Waals surface area contributed by atoms with E-state index in [-0.39, 0.29) is 18.4 Å². The second-order valence-electron chi connectivity index (χ2n) is 8.18. The van der Waals surface area contributed by atoms with Gasteiger partial charge in [-0.25, -0.2) is 4.98 Å². The van der Waals surface area contributed by atoms with E-state index in [2.05, 4.69) is 20.9 Å². The maximum atomic E-state index is 13.0. The van der Waals surface area contributed by atoms with Crippen LogP contribution in [0.15, 0.2) is 58.5 Å². The van der Waals surface area contributed by atoms with E-state index >= 15 is 0 Å². The highest BCUT2D eigenvalue weighted by Gasteiger charge is 2.33. The largest absolute Gasteiger partial charge is 0.476 e. The maximum absolute atomic E-state index is 13.0. The number of nitrogens with one attached hydrogen (secondary N) is 1. The Morgan fingerprint density at radius 1 is 1.21 bits per heavy atom. The molecule has 4 heterocycles. The molecule has 0 saturated heterocycles. The summed E-state index contributed by atoms with van der Waals surface area (Å²) in [4.78, 5) is 31.3. The minimum atomic E-state index is -0.829. The third-order valence-electron chi connectivity index (χ3n) is 5.92. The number of para-hydroxylation sites is 2. The molecule has 8 nitrogen and oxygen atoms in total. The Hall–Kier alpha value is -3.85. The van der Waals surface area contributed by atoms with Crippen molar-refractivity contribution in [1.29, 1.82) is 0 Å². The lowest BCUT2D eigenvalue weighted by Crippen LogP contribution is -2.48. The molecule has 1 aromatic carbocycles. The number of carbonyl (C=O) groups excluding carboxylic acids is 2. The van der Waals surface area contributed by atoms with Gasteiger partial charge < -0.3 is 18.6 Å². The average molecular weight is 477 g/mol. The monoisotopic (exact) mass is 476 g/mol. The van der Waals surface area contributed by atoms with Crippen molar-refractivity contribution in [1.82, 2.24) is 9.55 Å². The Labute approximate surface area is 200 Å². The molecule has 1 N–H and O–H groups in total. The Balaban J connectivity index is 1.32. The third kappa shape index (κ3) is 4.10. The van der Waals surface area contributed by atoms with Crippen LogP contribution in [0.2, 0.25) is 0 Å². The molecule has 1 aliphatic heterocycles. The van der Waals surface area contributed by atoms with Crippen LogP contribution in [-0.2, 0) is 16.1 Å². The van der Waals surface area contributed by atoms with E-state index in [0.717, 1.165) is 28.4 Å². The summed E-state index contributed by atoms with van der Waals surface area (Å²) >= 11 is 1.35. The lowest BCUT2D eigenvalue weighted by Gasteiger charge is -2.33. The number of hydrogen-bond donors (Lipinski definition) is 1. The van der Waals surface area contributed by atoms with Crippen LogP contribution >= 0.6 is 11.3 Å². The van der Waals surface area contributed by atoms with Gasteiger partial charge in [0.2, 0.25) is 5.91 Å². The highest BCUT2D eigenvalue weighted by molar-refractivity contribution is 7.14. The number of rotatable bonds is 5. The topological polar surface area (TPSA) is 89.6 Å². The fourth-order valence-corrected chi connectivity index (χ4v) is 4.89. The molecule has 3 aromatic heterocycles. The third-order valence-corrected chi connectivity index (χ3v) is 6.68.